The molecule has 0 radical (unpaired) electrons. The summed E-state index contributed by atoms with van der Waals surface area (Å²) < 4.78 is 13.7. The predicted molar refractivity (Wildman–Crippen MR) is 60.8 cm³/mol. The maximum Gasteiger partial charge on any atom is 0.146 e. The van der Waals surface area contributed by atoms with Gasteiger partial charge in [0.2, 0.25) is 0 Å². The fraction of sp³-hybridized carbons (Fsp3) is 0.500. The highest BCUT2D eigenvalue weighted by atomic mass is 19.1. The van der Waals surface area contributed by atoms with Gasteiger partial charge < -0.3 is 10.2 Å². The van der Waals surface area contributed by atoms with Crippen molar-refractivity contribution in [3.63, 3.8) is 0 Å². The normalized spacial score (nSPS) is 21.0. The van der Waals surface area contributed by atoms with E-state index in [0.717, 1.165) is 30.8 Å². The molecule has 0 bridgehead atoms. The molecule has 1 aliphatic heterocycles. The zero-order valence-corrected chi connectivity index (χ0v) is 9.26. The monoisotopic (exact) mass is 208 g/mol. The molecule has 0 spiro atoms. The summed E-state index contributed by atoms with van der Waals surface area (Å²) in [5, 5.41) is 3.23. The maximum atomic E-state index is 13.7. The minimum absolute atomic E-state index is 0.105. The molecule has 1 aliphatic rings. The highest BCUT2D eigenvalue weighted by molar-refractivity contribution is 5.50. The summed E-state index contributed by atoms with van der Waals surface area (Å²) in [5.74, 6) is -0.105. The van der Waals surface area contributed by atoms with Crippen LogP contribution in [0.5, 0.6) is 0 Å². The van der Waals surface area contributed by atoms with Gasteiger partial charge in [-0.05, 0) is 38.1 Å². The molecule has 1 unspecified atom stereocenters. The fourth-order valence-electron chi connectivity index (χ4n) is 2.08. The molecule has 0 amide bonds. The molecule has 1 aromatic carbocycles. The van der Waals surface area contributed by atoms with Gasteiger partial charge in [0.1, 0.15) is 5.82 Å². The van der Waals surface area contributed by atoms with Crippen LogP contribution in [-0.2, 0) is 0 Å². The van der Waals surface area contributed by atoms with E-state index in [-0.39, 0.29) is 5.82 Å². The van der Waals surface area contributed by atoms with Crippen LogP contribution in [0.4, 0.5) is 10.1 Å². The number of nitrogens with one attached hydrogen (secondary N) is 1. The predicted octanol–water partition coefficient (Wildman–Crippen LogP) is 1.93. The number of benzene rings is 1. The van der Waals surface area contributed by atoms with E-state index in [1.54, 1.807) is 6.07 Å². The Morgan fingerprint density at radius 1 is 1.47 bits per heavy atom. The van der Waals surface area contributed by atoms with Crippen LogP contribution in [0, 0.1) is 12.7 Å². The lowest BCUT2D eigenvalue weighted by Crippen LogP contribution is -2.29. The van der Waals surface area contributed by atoms with E-state index >= 15 is 0 Å². The van der Waals surface area contributed by atoms with E-state index in [2.05, 4.69) is 10.2 Å². The number of halogens is 1. The Bertz CT molecular complexity index is 351. The molecule has 1 atom stereocenters. The van der Waals surface area contributed by atoms with Crippen LogP contribution in [0.25, 0.3) is 0 Å². The Morgan fingerprint density at radius 2 is 2.27 bits per heavy atom. The van der Waals surface area contributed by atoms with E-state index in [1.807, 2.05) is 26.1 Å². The highest BCUT2D eigenvalue weighted by Gasteiger charge is 2.22. The van der Waals surface area contributed by atoms with Crippen molar-refractivity contribution in [1.29, 1.82) is 0 Å². The zero-order chi connectivity index (χ0) is 10.8. The summed E-state index contributed by atoms with van der Waals surface area (Å²) in [4.78, 5) is 2.11. The molecule has 1 heterocycles. The first kappa shape index (κ1) is 10.4. The quantitative estimate of drug-likeness (QED) is 0.799. The minimum Gasteiger partial charge on any atom is -0.368 e. The van der Waals surface area contributed by atoms with Crippen LogP contribution >= 0.6 is 0 Å². The molecule has 0 saturated carbocycles. The standard InChI is InChI=1S/C12H17FN2/c1-9-3-4-12(11(13)7-9)15-6-5-10(8-15)14-2/h3-4,7,10,14H,5-6,8H2,1-2H3. The number of aryl methyl sites for hydroxylation is 1. The average molecular weight is 208 g/mol. The first-order chi connectivity index (χ1) is 7.20. The third-order valence-electron chi connectivity index (χ3n) is 3.04. The van der Waals surface area contributed by atoms with Crippen molar-refractivity contribution in [2.45, 2.75) is 19.4 Å². The Kier molecular flexibility index (Phi) is 2.91. The Morgan fingerprint density at radius 3 is 2.87 bits per heavy atom. The summed E-state index contributed by atoms with van der Waals surface area (Å²) in [6.45, 7) is 3.75. The lowest BCUT2D eigenvalue weighted by molar-refractivity contribution is 0.608. The van der Waals surface area contributed by atoms with Gasteiger partial charge in [-0.15, -0.1) is 0 Å². The minimum atomic E-state index is -0.105. The molecule has 2 rings (SSSR count). The van der Waals surface area contributed by atoms with E-state index in [4.69, 9.17) is 0 Å². The molecule has 1 aromatic rings. The van der Waals surface area contributed by atoms with Crippen molar-refractivity contribution in [2.24, 2.45) is 0 Å². The van der Waals surface area contributed by atoms with Gasteiger partial charge in [-0.3, -0.25) is 0 Å². The maximum absolute atomic E-state index is 13.7. The van der Waals surface area contributed by atoms with Gasteiger partial charge >= 0.3 is 0 Å². The van der Waals surface area contributed by atoms with Crippen molar-refractivity contribution < 1.29 is 4.39 Å². The van der Waals surface area contributed by atoms with Crippen molar-refractivity contribution in [3.05, 3.63) is 29.6 Å². The van der Waals surface area contributed by atoms with Crippen LogP contribution in [0.1, 0.15) is 12.0 Å². The third-order valence-corrected chi connectivity index (χ3v) is 3.04. The van der Waals surface area contributed by atoms with Crippen LogP contribution in [-0.4, -0.2) is 26.2 Å². The van der Waals surface area contributed by atoms with Gasteiger partial charge in [0.25, 0.3) is 0 Å². The van der Waals surface area contributed by atoms with E-state index < -0.39 is 0 Å². The van der Waals surface area contributed by atoms with Gasteiger partial charge in [0.05, 0.1) is 5.69 Å². The second-order valence-electron chi connectivity index (χ2n) is 4.18. The summed E-state index contributed by atoms with van der Waals surface area (Å²) in [7, 11) is 1.96. The first-order valence-corrected chi connectivity index (χ1v) is 5.39. The molecule has 0 aliphatic carbocycles. The summed E-state index contributed by atoms with van der Waals surface area (Å²) in [6, 6.07) is 5.93. The summed E-state index contributed by atoms with van der Waals surface area (Å²) >= 11 is 0. The van der Waals surface area contributed by atoms with Crippen molar-refractivity contribution in [1.82, 2.24) is 5.32 Å². The molecule has 82 valence electrons. The molecule has 1 saturated heterocycles. The van der Waals surface area contributed by atoms with Crippen molar-refractivity contribution >= 4 is 5.69 Å². The fourth-order valence-corrected chi connectivity index (χ4v) is 2.08. The topological polar surface area (TPSA) is 15.3 Å². The van der Waals surface area contributed by atoms with Crippen molar-refractivity contribution in [3.8, 4) is 0 Å². The third kappa shape index (κ3) is 2.12. The lowest BCUT2D eigenvalue weighted by Gasteiger charge is -2.19. The van der Waals surface area contributed by atoms with Gasteiger partial charge in [-0.2, -0.15) is 0 Å². The number of likely N-dealkylation sites (N-methyl/N-ethyl adjacent to an activating group) is 1. The van der Waals surface area contributed by atoms with E-state index in [9.17, 15) is 4.39 Å². The Labute approximate surface area is 90.1 Å². The van der Waals surface area contributed by atoms with E-state index in [0.29, 0.717) is 6.04 Å². The van der Waals surface area contributed by atoms with Crippen LogP contribution in [0.2, 0.25) is 0 Å². The molecular formula is C12H17FN2. The van der Waals surface area contributed by atoms with Gasteiger partial charge in [0.15, 0.2) is 0 Å². The van der Waals surface area contributed by atoms with Crippen LogP contribution in [0.3, 0.4) is 0 Å². The number of hydrogen-bond donors (Lipinski definition) is 1. The molecule has 2 nitrogen and oxygen atoms in total. The molecule has 15 heavy (non-hydrogen) atoms. The molecule has 1 fully saturated rings. The lowest BCUT2D eigenvalue weighted by atomic mass is 10.2. The molecular weight excluding hydrogens is 191 g/mol. The largest absolute Gasteiger partial charge is 0.368 e. The number of nitrogens with zero attached hydrogens (tertiary/aromatic N) is 1. The Hall–Kier alpha value is -1.09. The molecule has 0 aromatic heterocycles. The average Bonchev–Trinajstić information content (AvgIpc) is 2.66. The van der Waals surface area contributed by atoms with Gasteiger partial charge in [-0.1, -0.05) is 6.07 Å². The highest BCUT2D eigenvalue weighted by Crippen LogP contribution is 2.24. The van der Waals surface area contributed by atoms with Crippen LogP contribution in [0.15, 0.2) is 18.2 Å². The molecule has 3 heteroatoms. The van der Waals surface area contributed by atoms with Gasteiger partial charge in [-0.25, -0.2) is 4.39 Å². The van der Waals surface area contributed by atoms with Crippen molar-refractivity contribution in [2.75, 3.05) is 25.0 Å². The van der Waals surface area contributed by atoms with Gasteiger partial charge in [0, 0.05) is 19.1 Å². The van der Waals surface area contributed by atoms with Crippen LogP contribution < -0.4 is 10.2 Å². The SMILES string of the molecule is CNC1CCN(c2ccc(C)cc2F)C1. The number of anilines is 1. The molecule has 1 N–H and O–H groups in total. The smallest absolute Gasteiger partial charge is 0.146 e. The second-order valence-corrected chi connectivity index (χ2v) is 4.18. The first-order valence-electron chi connectivity index (χ1n) is 5.39. The number of rotatable bonds is 2. The number of hydrogen-bond acceptors (Lipinski definition) is 2. The summed E-state index contributed by atoms with van der Waals surface area (Å²) in [5.41, 5.74) is 1.71. The van der Waals surface area contributed by atoms with E-state index in [1.165, 1.54) is 0 Å². The Balaban J connectivity index is 2.17. The summed E-state index contributed by atoms with van der Waals surface area (Å²) in [6.07, 6.45) is 1.09. The second kappa shape index (κ2) is 4.19. The zero-order valence-electron chi connectivity index (χ0n) is 9.26.